The van der Waals surface area contributed by atoms with Crippen LogP contribution in [0, 0.1) is 0 Å². The summed E-state index contributed by atoms with van der Waals surface area (Å²) in [7, 11) is 1.56. The molecule has 25 heavy (non-hydrogen) atoms. The van der Waals surface area contributed by atoms with Crippen LogP contribution in [0.2, 0.25) is 0 Å². The Labute approximate surface area is 149 Å². The molecule has 2 heterocycles. The molecular formula is C20H25N3O2. The number of nitrogens with one attached hydrogen (secondary N) is 1. The highest BCUT2D eigenvalue weighted by Gasteiger charge is 2.23. The van der Waals surface area contributed by atoms with Crippen molar-refractivity contribution < 1.29 is 9.53 Å². The maximum Gasteiger partial charge on any atom is 0.252 e. The van der Waals surface area contributed by atoms with Crippen molar-refractivity contribution in [1.29, 1.82) is 0 Å². The number of benzene rings is 1. The Hall–Kier alpha value is -2.40. The van der Waals surface area contributed by atoms with Gasteiger partial charge in [0.05, 0.1) is 12.7 Å². The van der Waals surface area contributed by atoms with E-state index >= 15 is 0 Å². The van der Waals surface area contributed by atoms with Crippen molar-refractivity contribution in [2.45, 2.75) is 31.8 Å². The number of amides is 1. The summed E-state index contributed by atoms with van der Waals surface area (Å²) in [4.78, 5) is 18.9. The second-order valence-electron chi connectivity index (χ2n) is 6.40. The lowest BCUT2D eigenvalue weighted by molar-refractivity contribution is 0.0907. The Bertz CT molecular complexity index is 673. The first kappa shape index (κ1) is 17.4. The molecule has 1 unspecified atom stereocenters. The van der Waals surface area contributed by atoms with Gasteiger partial charge in [-0.15, -0.1) is 0 Å². The first-order valence-electron chi connectivity index (χ1n) is 8.82. The Balaban J connectivity index is 1.56. The van der Waals surface area contributed by atoms with Crippen LogP contribution in [-0.2, 0) is 6.54 Å². The van der Waals surface area contributed by atoms with Gasteiger partial charge in [-0.1, -0.05) is 36.8 Å². The summed E-state index contributed by atoms with van der Waals surface area (Å²) < 4.78 is 5.03. The second-order valence-corrected chi connectivity index (χ2v) is 6.40. The summed E-state index contributed by atoms with van der Waals surface area (Å²) in [6, 6.07) is 14.3. The number of pyridine rings is 1. The lowest BCUT2D eigenvalue weighted by Crippen LogP contribution is -2.46. The van der Waals surface area contributed by atoms with E-state index in [1.165, 1.54) is 18.4 Å². The van der Waals surface area contributed by atoms with Crippen LogP contribution in [0.15, 0.2) is 48.7 Å². The zero-order valence-corrected chi connectivity index (χ0v) is 14.6. The van der Waals surface area contributed by atoms with Gasteiger partial charge in [-0.3, -0.25) is 9.69 Å². The van der Waals surface area contributed by atoms with Gasteiger partial charge in [0, 0.05) is 31.4 Å². The van der Waals surface area contributed by atoms with E-state index in [1.807, 2.05) is 6.07 Å². The Morgan fingerprint density at radius 1 is 1.24 bits per heavy atom. The fourth-order valence-corrected chi connectivity index (χ4v) is 3.27. The minimum atomic E-state index is -0.0830. The molecule has 1 fully saturated rings. The third-order valence-corrected chi connectivity index (χ3v) is 4.68. The fourth-order valence-electron chi connectivity index (χ4n) is 3.27. The predicted octanol–water partition coefficient (Wildman–Crippen LogP) is 2.87. The number of nitrogens with zero attached hydrogens (tertiary/aromatic N) is 2. The first-order chi connectivity index (χ1) is 12.3. The number of ether oxygens (including phenoxy) is 1. The van der Waals surface area contributed by atoms with Crippen molar-refractivity contribution >= 4 is 5.91 Å². The number of likely N-dealkylation sites (tertiary alicyclic amines) is 1. The highest BCUT2D eigenvalue weighted by atomic mass is 16.5. The maximum atomic E-state index is 12.3. The summed E-state index contributed by atoms with van der Waals surface area (Å²) in [6.45, 7) is 2.68. The van der Waals surface area contributed by atoms with Crippen LogP contribution >= 0.6 is 0 Å². The molecule has 1 aromatic heterocycles. The van der Waals surface area contributed by atoms with Gasteiger partial charge >= 0.3 is 0 Å². The van der Waals surface area contributed by atoms with Gasteiger partial charge in [0.1, 0.15) is 0 Å². The number of hydrogen-bond acceptors (Lipinski definition) is 4. The molecule has 0 radical (unpaired) electrons. The van der Waals surface area contributed by atoms with Gasteiger partial charge in [0.15, 0.2) is 0 Å². The second kappa shape index (κ2) is 8.62. The van der Waals surface area contributed by atoms with Crippen LogP contribution in [0.25, 0.3) is 0 Å². The van der Waals surface area contributed by atoms with E-state index in [1.54, 1.807) is 25.4 Å². The topological polar surface area (TPSA) is 54.5 Å². The van der Waals surface area contributed by atoms with Crippen LogP contribution in [0.1, 0.15) is 35.2 Å². The van der Waals surface area contributed by atoms with Gasteiger partial charge in [0.2, 0.25) is 5.88 Å². The molecule has 1 N–H and O–H groups in total. The molecule has 5 nitrogen and oxygen atoms in total. The van der Waals surface area contributed by atoms with Crippen LogP contribution in [0.5, 0.6) is 5.88 Å². The number of carbonyl (C=O) groups excluding carboxylic acids is 1. The Kier molecular flexibility index (Phi) is 6.01. The molecule has 1 amide bonds. The zero-order chi connectivity index (χ0) is 17.5. The molecule has 1 atom stereocenters. The van der Waals surface area contributed by atoms with Crippen LogP contribution in [-0.4, -0.2) is 42.0 Å². The minimum absolute atomic E-state index is 0.0830. The number of piperidine rings is 1. The molecule has 0 spiro atoms. The van der Waals surface area contributed by atoms with Gasteiger partial charge in [-0.2, -0.15) is 0 Å². The molecule has 1 saturated heterocycles. The molecule has 0 aliphatic carbocycles. The standard InChI is InChI=1S/C20H25N3O2/c1-25-19-11-10-17(13-21-19)20(24)22-14-18-9-5-6-12-23(18)15-16-7-3-2-4-8-16/h2-4,7-8,10-11,13,18H,5-6,9,12,14-15H2,1H3,(H,22,24). The van der Waals surface area contributed by atoms with Gasteiger partial charge in [0.25, 0.3) is 5.91 Å². The summed E-state index contributed by atoms with van der Waals surface area (Å²) in [5, 5.41) is 3.06. The summed E-state index contributed by atoms with van der Waals surface area (Å²) in [5.74, 6) is 0.429. The molecule has 5 heteroatoms. The minimum Gasteiger partial charge on any atom is -0.481 e. The quantitative estimate of drug-likeness (QED) is 0.879. The lowest BCUT2D eigenvalue weighted by atomic mass is 10.0. The van der Waals surface area contributed by atoms with E-state index in [0.717, 1.165) is 19.5 Å². The van der Waals surface area contributed by atoms with Gasteiger partial charge in [-0.25, -0.2) is 4.98 Å². The SMILES string of the molecule is COc1ccc(C(=O)NCC2CCCCN2Cc2ccccc2)cn1. The van der Waals surface area contributed by atoms with Crippen LogP contribution < -0.4 is 10.1 Å². The van der Waals surface area contributed by atoms with E-state index in [2.05, 4.69) is 39.5 Å². The number of aromatic nitrogens is 1. The van der Waals surface area contributed by atoms with E-state index in [9.17, 15) is 4.79 Å². The molecule has 132 valence electrons. The highest BCUT2D eigenvalue weighted by Crippen LogP contribution is 2.19. The predicted molar refractivity (Wildman–Crippen MR) is 97.6 cm³/mol. The highest BCUT2D eigenvalue weighted by molar-refractivity contribution is 5.93. The molecule has 1 aromatic carbocycles. The third kappa shape index (κ3) is 4.79. The number of methoxy groups -OCH3 is 1. The molecule has 1 aliphatic heterocycles. The number of hydrogen-bond donors (Lipinski definition) is 1. The maximum absolute atomic E-state index is 12.3. The fraction of sp³-hybridized carbons (Fsp3) is 0.400. The molecule has 3 rings (SSSR count). The first-order valence-corrected chi connectivity index (χ1v) is 8.82. The van der Waals surface area contributed by atoms with Crippen LogP contribution in [0.3, 0.4) is 0 Å². The van der Waals surface area contributed by atoms with Crippen molar-refractivity contribution in [1.82, 2.24) is 15.2 Å². The monoisotopic (exact) mass is 339 g/mol. The summed E-state index contributed by atoms with van der Waals surface area (Å²) in [6.07, 6.45) is 5.11. The average molecular weight is 339 g/mol. The van der Waals surface area contributed by atoms with Crippen molar-refractivity contribution in [3.8, 4) is 5.88 Å². The summed E-state index contributed by atoms with van der Waals surface area (Å²) >= 11 is 0. The Morgan fingerprint density at radius 3 is 2.80 bits per heavy atom. The number of carbonyl (C=O) groups is 1. The van der Waals surface area contributed by atoms with Crippen LogP contribution in [0.4, 0.5) is 0 Å². The normalized spacial score (nSPS) is 17.9. The van der Waals surface area contributed by atoms with Crippen molar-refractivity contribution in [3.63, 3.8) is 0 Å². The molecule has 1 aliphatic rings. The van der Waals surface area contributed by atoms with Gasteiger partial charge < -0.3 is 10.1 Å². The third-order valence-electron chi connectivity index (χ3n) is 4.68. The zero-order valence-electron chi connectivity index (χ0n) is 14.6. The molecule has 2 aromatic rings. The van der Waals surface area contributed by atoms with E-state index in [0.29, 0.717) is 24.0 Å². The van der Waals surface area contributed by atoms with Crippen molar-refractivity contribution in [2.75, 3.05) is 20.2 Å². The van der Waals surface area contributed by atoms with E-state index in [4.69, 9.17) is 4.74 Å². The van der Waals surface area contributed by atoms with E-state index in [-0.39, 0.29) is 5.91 Å². The van der Waals surface area contributed by atoms with Crippen molar-refractivity contribution in [2.24, 2.45) is 0 Å². The molecule has 0 saturated carbocycles. The smallest absolute Gasteiger partial charge is 0.252 e. The number of rotatable bonds is 6. The lowest BCUT2D eigenvalue weighted by Gasteiger charge is -2.35. The largest absolute Gasteiger partial charge is 0.481 e. The van der Waals surface area contributed by atoms with Crippen molar-refractivity contribution in [3.05, 3.63) is 59.8 Å². The molecular weight excluding hydrogens is 314 g/mol. The Morgan fingerprint density at radius 2 is 2.08 bits per heavy atom. The van der Waals surface area contributed by atoms with Gasteiger partial charge in [-0.05, 0) is 31.0 Å². The average Bonchev–Trinajstić information content (AvgIpc) is 2.68. The van der Waals surface area contributed by atoms with E-state index < -0.39 is 0 Å². The molecule has 0 bridgehead atoms. The summed E-state index contributed by atoms with van der Waals surface area (Å²) in [5.41, 5.74) is 1.88.